The summed E-state index contributed by atoms with van der Waals surface area (Å²) < 4.78 is 21.6. The third-order valence-electron chi connectivity index (χ3n) is 7.10. The molecular weight excluding hydrogens is 520 g/mol. The Morgan fingerprint density at radius 1 is 0.744 bits per heavy atom. The van der Waals surface area contributed by atoms with Gasteiger partial charge in [0.25, 0.3) is 0 Å². The van der Waals surface area contributed by atoms with Crippen LogP contribution in [-0.2, 0) is 25.6 Å². The van der Waals surface area contributed by atoms with Crippen LogP contribution in [0.15, 0.2) is 36.4 Å². The van der Waals surface area contributed by atoms with Crippen molar-refractivity contribution in [2.75, 3.05) is 13.2 Å². The lowest BCUT2D eigenvalue weighted by atomic mass is 9.83. The Labute approximate surface area is 221 Å². The van der Waals surface area contributed by atoms with Gasteiger partial charge in [0, 0.05) is 22.3 Å². The van der Waals surface area contributed by atoms with Crippen molar-refractivity contribution in [2.24, 2.45) is 0 Å². The molecule has 13 nitrogen and oxygen atoms in total. The summed E-state index contributed by atoms with van der Waals surface area (Å²) in [5, 5.41) is 71.2. The number of benzene rings is 2. The van der Waals surface area contributed by atoms with Crippen molar-refractivity contribution in [1.29, 1.82) is 0 Å². The predicted octanol–water partition coefficient (Wildman–Crippen LogP) is -2.05. The van der Waals surface area contributed by atoms with E-state index < -0.39 is 85.8 Å². The van der Waals surface area contributed by atoms with Gasteiger partial charge in [0.05, 0.1) is 25.4 Å². The number of ether oxygens (including phenoxy) is 4. The number of carbonyl (C=O) groups is 2. The Hall–Kier alpha value is -2.82. The van der Waals surface area contributed by atoms with Crippen LogP contribution >= 0.6 is 0 Å². The Kier molecular flexibility index (Phi) is 7.81. The van der Waals surface area contributed by atoms with E-state index in [0.717, 1.165) is 0 Å². The van der Waals surface area contributed by atoms with Gasteiger partial charge in [0.2, 0.25) is 0 Å². The monoisotopic (exact) mass is 548 g/mol. The number of hydrogen-bond acceptors (Lipinski definition) is 13. The molecule has 39 heavy (non-hydrogen) atoms. The van der Waals surface area contributed by atoms with Crippen molar-refractivity contribution >= 4 is 11.6 Å². The fourth-order valence-corrected chi connectivity index (χ4v) is 4.81. The second-order valence-corrected chi connectivity index (χ2v) is 9.61. The molecule has 2 fully saturated rings. The number of rotatable bonds is 6. The number of phenolic OH excluding ortho intramolecular Hbond substituents is 1. The molecular formula is C26H28O13. The van der Waals surface area contributed by atoms with Crippen LogP contribution in [0.3, 0.4) is 0 Å². The van der Waals surface area contributed by atoms with Gasteiger partial charge < -0.3 is 54.7 Å². The molecule has 7 N–H and O–H groups in total. The highest BCUT2D eigenvalue weighted by molar-refractivity contribution is 6.29. The molecule has 0 saturated carbocycles. The second-order valence-electron chi connectivity index (χ2n) is 9.61. The summed E-state index contributed by atoms with van der Waals surface area (Å²) in [6, 6.07) is 9.03. The van der Waals surface area contributed by atoms with E-state index in [2.05, 4.69) is 0 Å². The van der Waals surface area contributed by atoms with Crippen LogP contribution in [0.5, 0.6) is 5.75 Å². The van der Waals surface area contributed by atoms with Gasteiger partial charge in [-0.2, -0.15) is 0 Å². The van der Waals surface area contributed by atoms with Crippen molar-refractivity contribution in [3.8, 4) is 5.75 Å². The molecule has 0 radical (unpaired) electrons. The normalized spacial score (nSPS) is 34.5. The van der Waals surface area contributed by atoms with E-state index in [0.29, 0.717) is 0 Å². The van der Waals surface area contributed by atoms with Crippen LogP contribution < -0.4 is 0 Å². The molecule has 13 heteroatoms. The van der Waals surface area contributed by atoms with Crippen molar-refractivity contribution in [3.05, 3.63) is 64.2 Å². The highest BCUT2D eigenvalue weighted by Gasteiger charge is 2.46. The number of hydrogen-bond donors (Lipinski definition) is 7. The van der Waals surface area contributed by atoms with E-state index in [1.165, 1.54) is 24.3 Å². The first-order valence-electron chi connectivity index (χ1n) is 12.2. The van der Waals surface area contributed by atoms with Crippen LogP contribution in [0, 0.1) is 0 Å². The van der Waals surface area contributed by atoms with Crippen LogP contribution in [0.25, 0.3) is 0 Å². The first-order valence-corrected chi connectivity index (χ1v) is 12.2. The molecule has 2 heterocycles. The zero-order valence-corrected chi connectivity index (χ0v) is 20.4. The van der Waals surface area contributed by atoms with Gasteiger partial charge in [-0.1, -0.05) is 30.3 Å². The largest absolute Gasteiger partial charge is 0.507 e. The van der Waals surface area contributed by atoms with E-state index in [9.17, 15) is 45.3 Å². The summed E-state index contributed by atoms with van der Waals surface area (Å²) in [6.07, 6.45) is -13.6. The Balaban J connectivity index is 1.27. The van der Waals surface area contributed by atoms with Gasteiger partial charge in [-0.15, -0.1) is 0 Å². The van der Waals surface area contributed by atoms with Gasteiger partial charge in [-0.25, -0.2) is 0 Å². The molecule has 2 aromatic carbocycles. The van der Waals surface area contributed by atoms with Gasteiger partial charge in [-0.3, -0.25) is 9.59 Å². The maximum absolute atomic E-state index is 13.0. The van der Waals surface area contributed by atoms with E-state index in [-0.39, 0.29) is 34.4 Å². The summed E-state index contributed by atoms with van der Waals surface area (Å²) >= 11 is 0. The number of aliphatic hydroxyl groups is 6. The van der Waals surface area contributed by atoms with Crippen molar-refractivity contribution in [3.63, 3.8) is 0 Å². The number of fused-ring (bicyclic) bond motifs is 2. The molecule has 0 amide bonds. The molecule has 5 rings (SSSR count). The quantitative estimate of drug-likeness (QED) is 0.177. The standard InChI is InChI=1S/C26H28O13/c27-14-8-37-25(23(34)20(14)31)38-9-15-21(32)22(33)24(35)26(39-15)36-7-10-5-6-13-16(17(10)28)19(30)12-4-2-1-3-11(12)18(13)29/h1-6,14-15,20-28,31-35H,7-9H2/t14-,15-,20+,21-,22+,23-,24-,25+,26-/m1/s1. The van der Waals surface area contributed by atoms with Gasteiger partial charge in [-0.05, 0) is 6.07 Å². The zero-order valence-electron chi connectivity index (χ0n) is 20.4. The highest BCUT2D eigenvalue weighted by atomic mass is 16.7. The zero-order chi connectivity index (χ0) is 28.0. The lowest BCUT2D eigenvalue weighted by Gasteiger charge is -2.41. The van der Waals surface area contributed by atoms with E-state index >= 15 is 0 Å². The van der Waals surface area contributed by atoms with E-state index in [1.54, 1.807) is 12.1 Å². The summed E-state index contributed by atoms with van der Waals surface area (Å²) in [7, 11) is 0. The molecule has 3 aliphatic rings. The average Bonchev–Trinajstić information content (AvgIpc) is 2.94. The van der Waals surface area contributed by atoms with Crippen LogP contribution in [0.4, 0.5) is 0 Å². The molecule has 1 aliphatic carbocycles. The minimum atomic E-state index is -1.73. The van der Waals surface area contributed by atoms with E-state index in [4.69, 9.17) is 18.9 Å². The lowest BCUT2D eigenvalue weighted by molar-refractivity contribution is -0.322. The fraction of sp³-hybridized carbons (Fsp3) is 0.462. The van der Waals surface area contributed by atoms with Crippen LogP contribution in [0.2, 0.25) is 0 Å². The molecule has 2 aromatic rings. The first-order chi connectivity index (χ1) is 18.6. The molecule has 210 valence electrons. The SMILES string of the molecule is O=C1c2ccccc2C(=O)c2c1ccc(CO[C@@H]1O[C@H](CO[C@@H]3OC[C@@H](O)[C@H](O)[C@H]3O)[C@@H](O)[C@H](O)[C@H]1O)c2O. The molecule has 2 aliphatic heterocycles. The molecule has 0 spiro atoms. The highest BCUT2D eigenvalue weighted by Crippen LogP contribution is 2.36. The average molecular weight is 548 g/mol. The maximum atomic E-state index is 13.0. The molecule has 0 unspecified atom stereocenters. The minimum absolute atomic E-state index is 0.0365. The summed E-state index contributed by atoms with van der Waals surface area (Å²) in [4.78, 5) is 25.9. The fourth-order valence-electron chi connectivity index (χ4n) is 4.81. The van der Waals surface area contributed by atoms with Crippen molar-refractivity contribution < 1.29 is 64.3 Å². The van der Waals surface area contributed by atoms with Crippen molar-refractivity contribution in [2.45, 2.75) is 61.9 Å². The summed E-state index contributed by atoms with van der Waals surface area (Å²) in [5.74, 6) is -1.42. The minimum Gasteiger partial charge on any atom is -0.507 e. The van der Waals surface area contributed by atoms with Crippen LogP contribution in [0.1, 0.15) is 37.4 Å². The van der Waals surface area contributed by atoms with Gasteiger partial charge in [0.15, 0.2) is 24.1 Å². The Bertz CT molecular complexity index is 1250. The smallest absolute Gasteiger partial charge is 0.198 e. The number of aromatic hydroxyl groups is 1. The number of ketones is 2. The van der Waals surface area contributed by atoms with Crippen LogP contribution in [-0.4, -0.2) is 116 Å². The third-order valence-corrected chi connectivity index (χ3v) is 7.10. The molecule has 9 atom stereocenters. The van der Waals surface area contributed by atoms with E-state index in [1.807, 2.05) is 0 Å². The number of aliphatic hydroxyl groups excluding tert-OH is 6. The Morgan fingerprint density at radius 2 is 1.41 bits per heavy atom. The number of phenols is 1. The maximum Gasteiger partial charge on any atom is 0.198 e. The molecule has 0 aromatic heterocycles. The predicted molar refractivity (Wildman–Crippen MR) is 127 cm³/mol. The number of carbonyl (C=O) groups excluding carboxylic acids is 2. The van der Waals surface area contributed by atoms with Gasteiger partial charge >= 0.3 is 0 Å². The second kappa shape index (κ2) is 11.0. The Morgan fingerprint density at radius 3 is 2.13 bits per heavy atom. The topological polar surface area (TPSA) is 213 Å². The van der Waals surface area contributed by atoms with Crippen molar-refractivity contribution in [1.82, 2.24) is 0 Å². The first kappa shape index (κ1) is 27.7. The summed E-state index contributed by atoms with van der Waals surface area (Å²) in [6.45, 7) is -1.18. The third kappa shape index (κ3) is 4.98. The molecule has 0 bridgehead atoms. The summed E-state index contributed by atoms with van der Waals surface area (Å²) in [5.41, 5.74) is 0.349. The lowest BCUT2D eigenvalue weighted by Crippen LogP contribution is -2.60. The van der Waals surface area contributed by atoms with Gasteiger partial charge in [0.1, 0.15) is 48.5 Å². The molecule has 2 saturated heterocycles.